The monoisotopic (exact) mass is 433 g/mol. The smallest absolute Gasteiger partial charge is 0.0692 e. The van der Waals surface area contributed by atoms with Gasteiger partial charge in [0.15, 0.2) is 0 Å². The zero-order valence-electron chi connectivity index (χ0n) is 22.5. The minimum absolute atomic E-state index is 0.130. The molecule has 0 fully saturated rings. The number of hydrogen-bond donors (Lipinski definition) is 0. The molecule has 0 aliphatic carbocycles. The predicted octanol–water partition coefficient (Wildman–Crippen LogP) is 11.2. The first kappa shape index (κ1) is 30.5. The van der Waals surface area contributed by atoms with Crippen LogP contribution in [0.3, 0.4) is 0 Å². The largest absolute Gasteiger partial charge is 0.198 e. The summed E-state index contributed by atoms with van der Waals surface area (Å²) in [5.74, 6) is 0. The van der Waals surface area contributed by atoms with Crippen molar-refractivity contribution < 1.29 is 0 Å². The highest BCUT2D eigenvalue weighted by Gasteiger charge is 2.39. The molecule has 1 atom stereocenters. The first-order chi connectivity index (χ1) is 14.9. The van der Waals surface area contributed by atoms with Crippen molar-refractivity contribution >= 4 is 0 Å². The van der Waals surface area contributed by atoms with Crippen LogP contribution in [0.1, 0.15) is 176 Å². The quantitative estimate of drug-likeness (QED) is 0.147. The molecule has 0 rings (SSSR count). The van der Waals surface area contributed by atoms with E-state index in [0.29, 0.717) is 0 Å². The van der Waals surface area contributed by atoms with Gasteiger partial charge in [-0.25, -0.2) is 0 Å². The second-order valence-electron chi connectivity index (χ2n) is 11.1. The van der Waals surface area contributed by atoms with Gasteiger partial charge < -0.3 is 0 Å². The Morgan fingerprint density at radius 2 is 0.774 bits per heavy atom. The highest BCUT2D eigenvalue weighted by molar-refractivity contribution is 5.03. The van der Waals surface area contributed by atoms with Crippen LogP contribution in [0, 0.1) is 22.2 Å². The van der Waals surface area contributed by atoms with Gasteiger partial charge in [0.2, 0.25) is 0 Å². The molecule has 0 amide bonds. The Hall–Kier alpha value is -0.510. The van der Waals surface area contributed by atoms with Gasteiger partial charge >= 0.3 is 0 Å². The van der Waals surface area contributed by atoms with Crippen LogP contribution in [0.2, 0.25) is 0 Å². The van der Waals surface area contributed by atoms with Crippen LogP contribution in [0.5, 0.6) is 0 Å². The first-order valence-corrected chi connectivity index (χ1v) is 14.3. The Bertz CT molecular complexity index is 419. The summed E-state index contributed by atoms with van der Waals surface area (Å²) < 4.78 is 0. The maximum absolute atomic E-state index is 9.54. The average Bonchev–Trinajstić information content (AvgIpc) is 2.77. The summed E-state index contributed by atoms with van der Waals surface area (Å²) in [4.78, 5) is 0. The van der Waals surface area contributed by atoms with Gasteiger partial charge in [0.25, 0.3) is 0 Å². The van der Waals surface area contributed by atoms with E-state index in [1.165, 1.54) is 135 Å². The molecule has 0 N–H and O–H groups in total. The lowest BCUT2D eigenvalue weighted by atomic mass is 9.64. The zero-order valence-corrected chi connectivity index (χ0v) is 22.5. The lowest BCUT2D eigenvalue weighted by molar-refractivity contribution is 0.129. The van der Waals surface area contributed by atoms with Crippen molar-refractivity contribution in [1.29, 1.82) is 5.26 Å². The maximum Gasteiger partial charge on any atom is 0.0692 e. The van der Waals surface area contributed by atoms with Crippen LogP contribution in [0.15, 0.2) is 0 Å². The van der Waals surface area contributed by atoms with E-state index >= 15 is 0 Å². The number of rotatable bonds is 23. The van der Waals surface area contributed by atoms with Crippen molar-refractivity contribution in [2.75, 3.05) is 0 Å². The van der Waals surface area contributed by atoms with E-state index in [2.05, 4.69) is 40.7 Å². The summed E-state index contributed by atoms with van der Waals surface area (Å²) in [5, 5.41) is 9.54. The SMILES string of the molecule is CCCCCCCCCCCCCCCCCCCCCCC(C)(C)C(C)(C#N)CC. The Balaban J connectivity index is 3.31. The number of nitrogens with zero attached hydrogens (tertiary/aromatic N) is 1. The predicted molar refractivity (Wildman–Crippen MR) is 140 cm³/mol. The topological polar surface area (TPSA) is 23.8 Å². The molecule has 0 saturated heterocycles. The van der Waals surface area contributed by atoms with Crippen molar-refractivity contribution in [1.82, 2.24) is 0 Å². The van der Waals surface area contributed by atoms with Gasteiger partial charge in [0.05, 0.1) is 11.5 Å². The molecule has 0 spiro atoms. The minimum Gasteiger partial charge on any atom is -0.198 e. The summed E-state index contributed by atoms with van der Waals surface area (Å²) in [5.41, 5.74) is -0.0500. The molecular formula is C30H59N. The highest BCUT2D eigenvalue weighted by Crippen LogP contribution is 2.44. The molecule has 0 aromatic heterocycles. The van der Waals surface area contributed by atoms with Crippen molar-refractivity contribution in [3.63, 3.8) is 0 Å². The van der Waals surface area contributed by atoms with E-state index in [0.717, 1.165) is 6.42 Å². The van der Waals surface area contributed by atoms with Crippen LogP contribution in [-0.2, 0) is 0 Å². The Morgan fingerprint density at radius 1 is 0.484 bits per heavy atom. The lowest BCUT2D eigenvalue weighted by Gasteiger charge is -2.38. The third kappa shape index (κ3) is 15.9. The number of unbranched alkanes of at least 4 members (excludes halogenated alkanes) is 19. The molecule has 1 nitrogen and oxygen atoms in total. The molecule has 1 unspecified atom stereocenters. The highest BCUT2D eigenvalue weighted by atomic mass is 14.4. The molecular weight excluding hydrogens is 374 g/mol. The molecule has 184 valence electrons. The molecule has 0 saturated carbocycles. The van der Waals surface area contributed by atoms with E-state index in [1.807, 2.05) is 0 Å². The van der Waals surface area contributed by atoms with Crippen LogP contribution >= 0.6 is 0 Å². The fourth-order valence-corrected chi connectivity index (χ4v) is 4.81. The molecule has 0 bridgehead atoms. The molecule has 0 radical (unpaired) electrons. The Morgan fingerprint density at radius 3 is 1.03 bits per heavy atom. The van der Waals surface area contributed by atoms with Gasteiger partial charge in [-0.15, -0.1) is 0 Å². The van der Waals surface area contributed by atoms with Gasteiger partial charge in [-0.2, -0.15) is 5.26 Å². The Labute approximate surface area is 198 Å². The molecule has 0 aromatic carbocycles. The Kier molecular flexibility index (Phi) is 19.8. The fraction of sp³-hybridized carbons (Fsp3) is 0.967. The van der Waals surface area contributed by atoms with Gasteiger partial charge in [-0.05, 0) is 25.2 Å². The standard InChI is InChI=1S/C30H59N/c1-6-8-9-10-11-12-13-14-15-16-17-18-19-20-21-22-23-24-25-26-27-29(3,4)30(5,7-2)28-31/h6-27H2,1-5H3. The fourth-order valence-electron chi connectivity index (χ4n) is 4.81. The van der Waals surface area contributed by atoms with Crippen molar-refractivity contribution in [2.45, 2.75) is 176 Å². The van der Waals surface area contributed by atoms with Gasteiger partial charge in [-0.1, -0.05) is 156 Å². The van der Waals surface area contributed by atoms with Gasteiger partial charge in [0, 0.05) is 0 Å². The second-order valence-corrected chi connectivity index (χ2v) is 11.1. The third-order valence-electron chi connectivity index (χ3n) is 8.10. The summed E-state index contributed by atoms with van der Waals surface area (Å²) in [6.07, 6.45) is 30.8. The van der Waals surface area contributed by atoms with Crippen molar-refractivity contribution in [2.24, 2.45) is 10.8 Å². The molecule has 31 heavy (non-hydrogen) atoms. The van der Waals surface area contributed by atoms with Crippen LogP contribution < -0.4 is 0 Å². The first-order valence-electron chi connectivity index (χ1n) is 14.3. The second kappa shape index (κ2) is 20.1. The van der Waals surface area contributed by atoms with Gasteiger partial charge in [-0.3, -0.25) is 0 Å². The summed E-state index contributed by atoms with van der Waals surface area (Å²) in [6.45, 7) is 11.2. The van der Waals surface area contributed by atoms with Crippen LogP contribution in [0.4, 0.5) is 0 Å². The molecule has 0 aliphatic heterocycles. The third-order valence-corrected chi connectivity index (χ3v) is 8.10. The minimum atomic E-state index is -0.180. The maximum atomic E-state index is 9.54. The van der Waals surface area contributed by atoms with E-state index in [4.69, 9.17) is 0 Å². The number of nitriles is 1. The lowest BCUT2D eigenvalue weighted by Crippen LogP contribution is -2.33. The molecule has 0 heterocycles. The van der Waals surface area contributed by atoms with E-state index in [9.17, 15) is 5.26 Å². The van der Waals surface area contributed by atoms with Crippen molar-refractivity contribution in [3.8, 4) is 6.07 Å². The normalized spacial score (nSPS) is 13.8. The van der Waals surface area contributed by atoms with Crippen molar-refractivity contribution in [3.05, 3.63) is 0 Å². The van der Waals surface area contributed by atoms with E-state index in [-0.39, 0.29) is 10.8 Å². The van der Waals surface area contributed by atoms with Crippen LogP contribution in [-0.4, -0.2) is 0 Å². The zero-order chi connectivity index (χ0) is 23.3. The molecule has 0 aromatic rings. The average molecular weight is 434 g/mol. The summed E-state index contributed by atoms with van der Waals surface area (Å²) >= 11 is 0. The molecule has 1 heteroatoms. The summed E-state index contributed by atoms with van der Waals surface area (Å²) in [7, 11) is 0. The number of hydrogen-bond acceptors (Lipinski definition) is 1. The van der Waals surface area contributed by atoms with Gasteiger partial charge in [0.1, 0.15) is 0 Å². The van der Waals surface area contributed by atoms with E-state index in [1.54, 1.807) is 0 Å². The summed E-state index contributed by atoms with van der Waals surface area (Å²) in [6, 6.07) is 2.58. The van der Waals surface area contributed by atoms with Crippen LogP contribution in [0.25, 0.3) is 0 Å². The molecule has 0 aliphatic rings. The van der Waals surface area contributed by atoms with E-state index < -0.39 is 0 Å².